The minimum atomic E-state index is -3.02. The van der Waals surface area contributed by atoms with Crippen LogP contribution in [0, 0.1) is 0 Å². The number of hydrogen-bond donors (Lipinski definition) is 0. The van der Waals surface area contributed by atoms with Gasteiger partial charge in [-0.2, -0.15) is 0 Å². The molecule has 1 unspecified atom stereocenters. The van der Waals surface area contributed by atoms with Crippen molar-refractivity contribution in [2.24, 2.45) is 0 Å². The number of benzene rings is 2. The number of fused-ring (bicyclic) bond motifs is 1. The average Bonchev–Trinajstić information content (AvgIpc) is 2.16. The molecular weight excluding hydrogens is 231 g/mol. The van der Waals surface area contributed by atoms with Crippen LogP contribution in [0.4, 0.5) is 0 Å². The second kappa shape index (κ2) is 3.88. The molecule has 0 spiro atoms. The molecule has 2 aromatic rings. The Kier molecular flexibility index (Phi) is 2.72. The van der Waals surface area contributed by atoms with Crippen molar-refractivity contribution in [1.29, 1.82) is 0 Å². The standard InChI is InChI=1S/C11H10ClO2P/c1-15(12,13)14-11-8-4-6-9-5-2-3-7-10(9)11/h2-8H,1H3. The van der Waals surface area contributed by atoms with Crippen molar-refractivity contribution < 1.29 is 9.09 Å². The van der Waals surface area contributed by atoms with Gasteiger partial charge in [-0.15, -0.1) is 0 Å². The first-order chi connectivity index (χ1) is 7.06. The SMILES string of the molecule is CP(=O)(Cl)Oc1cccc2ccccc12. The summed E-state index contributed by atoms with van der Waals surface area (Å²) in [7, 11) is 0. The summed E-state index contributed by atoms with van der Waals surface area (Å²) < 4.78 is 16.6. The van der Waals surface area contributed by atoms with E-state index in [-0.39, 0.29) is 0 Å². The number of hydrogen-bond acceptors (Lipinski definition) is 2. The molecule has 0 bridgehead atoms. The molecule has 0 saturated heterocycles. The van der Waals surface area contributed by atoms with Crippen LogP contribution < -0.4 is 4.52 Å². The second-order valence-corrected chi connectivity index (χ2v) is 6.83. The second-order valence-electron chi connectivity index (χ2n) is 3.32. The van der Waals surface area contributed by atoms with Crippen molar-refractivity contribution in [3.8, 4) is 5.75 Å². The van der Waals surface area contributed by atoms with Crippen molar-refractivity contribution in [2.75, 3.05) is 6.66 Å². The maximum absolute atomic E-state index is 11.4. The maximum Gasteiger partial charge on any atom is 0.333 e. The fourth-order valence-electron chi connectivity index (χ4n) is 1.45. The zero-order chi connectivity index (χ0) is 10.9. The highest BCUT2D eigenvalue weighted by molar-refractivity contribution is 7.85. The van der Waals surface area contributed by atoms with Gasteiger partial charge < -0.3 is 4.52 Å². The third-order valence-electron chi connectivity index (χ3n) is 2.01. The third kappa shape index (κ3) is 2.53. The molecule has 2 aromatic carbocycles. The largest absolute Gasteiger partial charge is 0.432 e. The third-order valence-corrected chi connectivity index (χ3v) is 2.74. The molecule has 1 atom stereocenters. The van der Waals surface area contributed by atoms with Crippen LogP contribution in [-0.4, -0.2) is 6.66 Å². The minimum absolute atomic E-state index is 0.564. The van der Waals surface area contributed by atoms with E-state index in [9.17, 15) is 4.57 Å². The van der Waals surface area contributed by atoms with Gasteiger partial charge in [0, 0.05) is 12.1 Å². The Bertz CT molecular complexity index is 528. The number of halogens is 1. The lowest BCUT2D eigenvalue weighted by Gasteiger charge is -2.10. The zero-order valence-electron chi connectivity index (χ0n) is 8.18. The highest BCUT2D eigenvalue weighted by Gasteiger charge is 2.13. The van der Waals surface area contributed by atoms with Gasteiger partial charge in [-0.05, 0) is 22.7 Å². The minimum Gasteiger partial charge on any atom is -0.432 e. The highest BCUT2D eigenvalue weighted by atomic mass is 35.7. The van der Waals surface area contributed by atoms with Gasteiger partial charge in [0.2, 0.25) is 0 Å². The van der Waals surface area contributed by atoms with Crippen molar-refractivity contribution in [3.05, 3.63) is 42.5 Å². The molecule has 0 aromatic heterocycles. The predicted octanol–water partition coefficient (Wildman–Crippen LogP) is 4.28. The normalized spacial score (nSPS) is 14.8. The summed E-state index contributed by atoms with van der Waals surface area (Å²) in [5.74, 6) is 0.564. The van der Waals surface area contributed by atoms with Crippen molar-refractivity contribution in [1.82, 2.24) is 0 Å². The van der Waals surface area contributed by atoms with Gasteiger partial charge in [-0.25, -0.2) is 0 Å². The summed E-state index contributed by atoms with van der Waals surface area (Å²) in [5.41, 5.74) is 0. The predicted molar refractivity (Wildman–Crippen MR) is 64.0 cm³/mol. The summed E-state index contributed by atoms with van der Waals surface area (Å²) in [5, 5.41) is 1.96. The van der Waals surface area contributed by atoms with Gasteiger partial charge >= 0.3 is 6.72 Å². The molecule has 2 rings (SSSR count). The van der Waals surface area contributed by atoms with Gasteiger partial charge in [-0.1, -0.05) is 36.4 Å². The van der Waals surface area contributed by atoms with Crippen LogP contribution >= 0.6 is 18.0 Å². The molecule has 4 heteroatoms. The van der Waals surface area contributed by atoms with E-state index < -0.39 is 6.72 Å². The van der Waals surface area contributed by atoms with E-state index in [0.717, 1.165) is 10.8 Å². The Morgan fingerprint density at radius 3 is 2.53 bits per heavy atom. The molecule has 0 radical (unpaired) electrons. The Morgan fingerprint density at radius 2 is 1.80 bits per heavy atom. The van der Waals surface area contributed by atoms with Crippen LogP contribution in [0.3, 0.4) is 0 Å². The Labute approximate surface area is 93.1 Å². The van der Waals surface area contributed by atoms with Gasteiger partial charge in [-0.3, -0.25) is 4.57 Å². The summed E-state index contributed by atoms with van der Waals surface area (Å²) in [4.78, 5) is 0. The lowest BCUT2D eigenvalue weighted by Crippen LogP contribution is -1.86. The van der Waals surface area contributed by atoms with E-state index >= 15 is 0 Å². The first kappa shape index (κ1) is 10.5. The number of rotatable bonds is 2. The maximum atomic E-state index is 11.4. The van der Waals surface area contributed by atoms with Gasteiger partial charge in [0.25, 0.3) is 0 Å². The van der Waals surface area contributed by atoms with Crippen molar-refractivity contribution in [2.45, 2.75) is 0 Å². The summed E-state index contributed by atoms with van der Waals surface area (Å²) in [6, 6.07) is 13.3. The summed E-state index contributed by atoms with van der Waals surface area (Å²) >= 11 is 5.60. The zero-order valence-corrected chi connectivity index (χ0v) is 9.83. The lowest BCUT2D eigenvalue weighted by molar-refractivity contribution is 0.506. The molecule has 0 aliphatic heterocycles. The van der Waals surface area contributed by atoms with Crippen molar-refractivity contribution >= 4 is 28.7 Å². The molecule has 0 amide bonds. The summed E-state index contributed by atoms with van der Waals surface area (Å²) in [6.07, 6.45) is 0. The van der Waals surface area contributed by atoms with Crippen LogP contribution in [-0.2, 0) is 4.57 Å². The molecule has 0 heterocycles. The smallest absolute Gasteiger partial charge is 0.333 e. The van der Waals surface area contributed by atoms with Crippen molar-refractivity contribution in [3.63, 3.8) is 0 Å². The molecule has 0 aliphatic rings. The monoisotopic (exact) mass is 240 g/mol. The molecule has 0 aliphatic carbocycles. The topological polar surface area (TPSA) is 26.3 Å². The molecule has 0 N–H and O–H groups in total. The Morgan fingerprint density at radius 1 is 1.13 bits per heavy atom. The van der Waals surface area contributed by atoms with Crippen LogP contribution in [0.1, 0.15) is 0 Å². The van der Waals surface area contributed by atoms with Crippen LogP contribution in [0.25, 0.3) is 10.8 Å². The first-order valence-electron chi connectivity index (χ1n) is 4.51. The lowest BCUT2D eigenvalue weighted by atomic mass is 10.1. The Hall–Kier alpha value is -0.980. The van der Waals surface area contributed by atoms with E-state index in [0.29, 0.717) is 5.75 Å². The molecule has 0 saturated carbocycles. The first-order valence-corrected chi connectivity index (χ1v) is 7.48. The molecule has 2 nitrogen and oxygen atoms in total. The Balaban J connectivity index is 2.56. The quantitative estimate of drug-likeness (QED) is 0.733. The molecule has 0 fully saturated rings. The van der Waals surface area contributed by atoms with Gasteiger partial charge in [0.15, 0.2) is 0 Å². The van der Waals surface area contributed by atoms with Crippen LogP contribution in [0.2, 0.25) is 0 Å². The van der Waals surface area contributed by atoms with E-state index in [1.807, 2.05) is 36.4 Å². The van der Waals surface area contributed by atoms with E-state index in [1.165, 1.54) is 6.66 Å². The van der Waals surface area contributed by atoms with Crippen LogP contribution in [0.5, 0.6) is 5.75 Å². The highest BCUT2D eigenvalue weighted by Crippen LogP contribution is 2.49. The van der Waals surface area contributed by atoms with E-state index in [1.54, 1.807) is 6.07 Å². The van der Waals surface area contributed by atoms with E-state index in [2.05, 4.69) is 0 Å². The molecule has 15 heavy (non-hydrogen) atoms. The van der Waals surface area contributed by atoms with Gasteiger partial charge in [0.1, 0.15) is 5.75 Å². The average molecular weight is 241 g/mol. The van der Waals surface area contributed by atoms with E-state index in [4.69, 9.17) is 15.8 Å². The van der Waals surface area contributed by atoms with Gasteiger partial charge in [0.05, 0.1) is 0 Å². The molecular formula is C11H10ClO2P. The molecule has 78 valence electrons. The van der Waals surface area contributed by atoms with Crippen LogP contribution in [0.15, 0.2) is 42.5 Å². The fraction of sp³-hybridized carbons (Fsp3) is 0.0909. The summed E-state index contributed by atoms with van der Waals surface area (Å²) in [6.45, 7) is -1.63. The fourth-order valence-corrected chi connectivity index (χ4v) is 2.18.